The normalized spacial score (nSPS) is 12.3. The number of hydrogen-bond donors (Lipinski definition) is 1. The molecule has 1 heterocycles. The molecule has 1 aromatic rings. The van der Waals surface area contributed by atoms with Crippen molar-refractivity contribution in [1.29, 1.82) is 0 Å². The molecule has 0 aliphatic rings. The van der Waals surface area contributed by atoms with E-state index in [4.69, 9.17) is 6.42 Å². The molecule has 1 nitrogen and oxygen atoms in total. The maximum atomic E-state index is 5.42. The van der Waals surface area contributed by atoms with Crippen LogP contribution in [-0.4, -0.2) is 12.6 Å². The van der Waals surface area contributed by atoms with E-state index in [0.717, 1.165) is 19.4 Å². The summed E-state index contributed by atoms with van der Waals surface area (Å²) in [6.45, 7) is 3.14. The predicted octanol–water partition coefficient (Wildman–Crippen LogP) is 2.29. The monoisotopic (exact) mass is 193 g/mol. The predicted molar refractivity (Wildman–Crippen MR) is 58.9 cm³/mol. The summed E-state index contributed by atoms with van der Waals surface area (Å²) in [5, 5.41) is 5.41. The number of rotatable bonds is 5. The van der Waals surface area contributed by atoms with E-state index in [1.54, 1.807) is 11.3 Å². The van der Waals surface area contributed by atoms with Gasteiger partial charge in [0.2, 0.25) is 0 Å². The van der Waals surface area contributed by atoms with Gasteiger partial charge in [-0.15, -0.1) is 17.8 Å². The van der Waals surface area contributed by atoms with Crippen molar-refractivity contribution in [2.75, 3.05) is 6.54 Å². The molecule has 1 atom stereocenters. The van der Waals surface area contributed by atoms with Gasteiger partial charge in [0.1, 0.15) is 0 Å². The maximum absolute atomic E-state index is 5.42. The number of hydrogen-bond acceptors (Lipinski definition) is 2. The molecule has 0 aliphatic carbocycles. The summed E-state index contributed by atoms with van der Waals surface area (Å²) in [7, 11) is 0. The smallest absolute Gasteiger partial charge is 0.0735 e. The summed E-state index contributed by atoms with van der Waals surface area (Å²) in [5.74, 6) is 2.77. The molecule has 0 amide bonds. The minimum atomic E-state index is 0.193. The Bertz CT molecular complexity index is 258. The first-order valence-corrected chi connectivity index (χ1v) is 5.46. The van der Waals surface area contributed by atoms with E-state index in [-0.39, 0.29) is 6.04 Å². The lowest BCUT2D eigenvalue weighted by atomic mass is 10.2. The zero-order valence-electron chi connectivity index (χ0n) is 7.92. The molecule has 0 spiro atoms. The zero-order valence-corrected chi connectivity index (χ0v) is 8.73. The van der Waals surface area contributed by atoms with Gasteiger partial charge in [-0.2, -0.15) is 0 Å². The van der Waals surface area contributed by atoms with Crippen molar-refractivity contribution in [3.05, 3.63) is 22.4 Å². The van der Waals surface area contributed by atoms with E-state index >= 15 is 0 Å². The second kappa shape index (κ2) is 5.80. The van der Waals surface area contributed by atoms with Crippen LogP contribution >= 0.6 is 11.3 Å². The van der Waals surface area contributed by atoms with Crippen molar-refractivity contribution in [3.8, 4) is 12.3 Å². The molecule has 0 saturated carbocycles. The summed E-state index contributed by atoms with van der Waals surface area (Å²) in [5.41, 5.74) is 0. The molecule has 1 N–H and O–H groups in total. The van der Waals surface area contributed by atoms with Gasteiger partial charge < -0.3 is 5.32 Å². The van der Waals surface area contributed by atoms with Crippen molar-refractivity contribution in [3.63, 3.8) is 0 Å². The highest BCUT2D eigenvalue weighted by molar-refractivity contribution is 7.09. The Morgan fingerprint density at radius 2 is 2.54 bits per heavy atom. The first kappa shape index (κ1) is 10.3. The number of nitrogens with one attached hydrogen (secondary N) is 1. The van der Waals surface area contributed by atoms with E-state index in [1.165, 1.54) is 4.88 Å². The van der Waals surface area contributed by atoms with Crippen LogP contribution in [0.2, 0.25) is 0 Å². The van der Waals surface area contributed by atoms with Gasteiger partial charge in [0.15, 0.2) is 0 Å². The quantitative estimate of drug-likeness (QED) is 0.707. The van der Waals surface area contributed by atoms with E-state index < -0.39 is 0 Å². The zero-order chi connectivity index (χ0) is 9.52. The van der Waals surface area contributed by atoms with Crippen LogP contribution in [0.4, 0.5) is 0 Å². The van der Waals surface area contributed by atoms with Crippen LogP contribution in [0, 0.1) is 12.3 Å². The molecule has 1 unspecified atom stereocenters. The molecule has 0 saturated heterocycles. The van der Waals surface area contributed by atoms with Gasteiger partial charge in [0.05, 0.1) is 6.04 Å². The highest BCUT2D eigenvalue weighted by Gasteiger charge is 2.04. The van der Waals surface area contributed by atoms with E-state index in [9.17, 15) is 0 Å². The van der Waals surface area contributed by atoms with Crippen molar-refractivity contribution >= 4 is 11.3 Å². The van der Waals surface area contributed by atoms with Gasteiger partial charge in [0.25, 0.3) is 0 Å². The summed E-state index contributed by atoms with van der Waals surface area (Å²) in [6, 6.07) is 4.38. The highest BCUT2D eigenvalue weighted by atomic mass is 32.1. The Morgan fingerprint density at radius 3 is 3.08 bits per heavy atom. The third-order valence-corrected chi connectivity index (χ3v) is 2.73. The Morgan fingerprint density at radius 1 is 1.69 bits per heavy atom. The van der Waals surface area contributed by atoms with Gasteiger partial charge in [-0.05, 0) is 24.4 Å². The van der Waals surface area contributed by atoms with Crippen LogP contribution in [0.3, 0.4) is 0 Å². The molecular weight excluding hydrogens is 178 g/mol. The van der Waals surface area contributed by atoms with Gasteiger partial charge in [0, 0.05) is 11.3 Å². The molecular formula is C11H15NS. The van der Waals surface area contributed by atoms with Crippen LogP contribution in [0.15, 0.2) is 17.5 Å². The fraction of sp³-hybridized carbons (Fsp3) is 0.455. The van der Waals surface area contributed by atoms with Gasteiger partial charge >= 0.3 is 0 Å². The van der Waals surface area contributed by atoms with E-state index in [1.807, 2.05) is 0 Å². The van der Waals surface area contributed by atoms with Crippen molar-refractivity contribution in [1.82, 2.24) is 5.32 Å². The van der Waals surface area contributed by atoms with Crippen LogP contribution in [0.25, 0.3) is 0 Å². The molecule has 0 bridgehead atoms. The summed E-state index contributed by atoms with van der Waals surface area (Å²) < 4.78 is 0. The molecule has 2 heteroatoms. The third-order valence-electron chi connectivity index (χ3n) is 1.83. The lowest BCUT2D eigenvalue weighted by Gasteiger charge is -2.10. The molecule has 13 heavy (non-hydrogen) atoms. The molecule has 70 valence electrons. The Balaban J connectivity index is 2.37. The van der Waals surface area contributed by atoms with Crippen LogP contribution in [0.1, 0.15) is 18.2 Å². The molecule has 1 aromatic heterocycles. The first-order valence-electron chi connectivity index (χ1n) is 4.58. The van der Waals surface area contributed by atoms with Crippen molar-refractivity contribution in [2.45, 2.75) is 25.8 Å². The Hall–Kier alpha value is -0.780. The number of thiophene rings is 1. The minimum absolute atomic E-state index is 0.193. The first-order chi connectivity index (χ1) is 6.36. The van der Waals surface area contributed by atoms with Crippen LogP contribution in [-0.2, 0) is 6.42 Å². The Labute approximate surface area is 84.2 Å². The highest BCUT2D eigenvalue weighted by Crippen LogP contribution is 2.10. The van der Waals surface area contributed by atoms with Crippen molar-refractivity contribution < 1.29 is 0 Å². The summed E-state index contributed by atoms with van der Waals surface area (Å²) in [6.07, 6.45) is 7.50. The van der Waals surface area contributed by atoms with Gasteiger partial charge in [-0.1, -0.05) is 18.9 Å². The lowest BCUT2D eigenvalue weighted by molar-refractivity contribution is 0.601. The fourth-order valence-corrected chi connectivity index (χ4v) is 1.89. The van der Waals surface area contributed by atoms with Crippen molar-refractivity contribution in [2.24, 2.45) is 0 Å². The van der Waals surface area contributed by atoms with Crippen LogP contribution < -0.4 is 5.32 Å². The Kier molecular flexibility index (Phi) is 4.59. The molecule has 0 radical (unpaired) electrons. The van der Waals surface area contributed by atoms with Gasteiger partial charge in [-0.25, -0.2) is 0 Å². The maximum Gasteiger partial charge on any atom is 0.0735 e. The largest absolute Gasteiger partial charge is 0.303 e. The topological polar surface area (TPSA) is 12.0 Å². The van der Waals surface area contributed by atoms with E-state index in [2.05, 4.69) is 35.7 Å². The third kappa shape index (κ3) is 3.63. The van der Waals surface area contributed by atoms with Gasteiger partial charge in [-0.3, -0.25) is 0 Å². The van der Waals surface area contributed by atoms with Crippen LogP contribution in [0.5, 0.6) is 0 Å². The SMILES string of the molecule is C#CC(Cc1cccs1)NCCC. The molecule has 0 aromatic carbocycles. The second-order valence-corrected chi connectivity index (χ2v) is 3.99. The fourth-order valence-electron chi connectivity index (χ4n) is 1.14. The summed E-state index contributed by atoms with van der Waals surface area (Å²) in [4.78, 5) is 1.35. The molecule has 1 rings (SSSR count). The van der Waals surface area contributed by atoms with E-state index in [0.29, 0.717) is 0 Å². The minimum Gasteiger partial charge on any atom is -0.303 e. The lowest BCUT2D eigenvalue weighted by Crippen LogP contribution is -2.29. The molecule has 0 fully saturated rings. The number of terminal acetylenes is 1. The standard InChI is InChI=1S/C11H15NS/c1-3-7-12-10(4-2)9-11-6-5-8-13-11/h2,5-6,8,10,12H,3,7,9H2,1H3. The average Bonchev–Trinajstić information content (AvgIpc) is 2.64. The average molecular weight is 193 g/mol. The second-order valence-electron chi connectivity index (χ2n) is 2.96. The molecule has 0 aliphatic heterocycles. The summed E-state index contributed by atoms with van der Waals surface area (Å²) >= 11 is 1.76.